The molecular weight excluding hydrogens is 188 g/mol. The Labute approximate surface area is 82.8 Å². The first kappa shape index (κ1) is 10.3. The highest BCUT2D eigenvalue weighted by molar-refractivity contribution is 4.98. The molecule has 2 N–H and O–H groups in total. The van der Waals surface area contributed by atoms with Crippen LogP contribution >= 0.6 is 0 Å². The molecule has 0 radical (unpaired) electrons. The summed E-state index contributed by atoms with van der Waals surface area (Å²) in [5.74, 6) is -2.93. The van der Waals surface area contributed by atoms with Crippen molar-refractivity contribution in [1.82, 2.24) is 0 Å². The fraction of sp³-hybridized carbons (Fsp3) is 1.00. The highest BCUT2D eigenvalue weighted by atomic mass is 19.3. The minimum Gasteiger partial charge on any atom is -0.374 e. The van der Waals surface area contributed by atoms with Crippen molar-refractivity contribution < 1.29 is 13.5 Å². The predicted octanol–water partition coefficient (Wildman–Crippen LogP) is 1.93. The zero-order chi connectivity index (χ0) is 10.3. The lowest BCUT2D eigenvalue weighted by Crippen LogP contribution is -2.35. The van der Waals surface area contributed by atoms with E-state index >= 15 is 0 Å². The molecule has 0 aromatic rings. The molecule has 2 fully saturated rings. The number of halogens is 2. The minimum atomic E-state index is -2.44. The number of alkyl halides is 2. The van der Waals surface area contributed by atoms with E-state index in [2.05, 4.69) is 0 Å². The van der Waals surface area contributed by atoms with Gasteiger partial charge in [-0.15, -0.1) is 0 Å². The molecule has 1 aliphatic carbocycles. The standard InChI is InChI=1S/C10H17F2NO/c1-6-2-3-9(14-6)8(13)4-7-5-10(7,11)12/h6-9H,2-5,13H2,1H3. The SMILES string of the molecule is CC1CCC(C(N)CC2CC2(F)F)O1. The smallest absolute Gasteiger partial charge is 0.251 e. The Morgan fingerprint density at radius 2 is 2.14 bits per heavy atom. The predicted molar refractivity (Wildman–Crippen MR) is 49.2 cm³/mol. The molecule has 1 aliphatic heterocycles. The summed E-state index contributed by atoms with van der Waals surface area (Å²) in [6, 6.07) is -0.210. The van der Waals surface area contributed by atoms with Crippen LogP contribution in [0.2, 0.25) is 0 Å². The molecule has 82 valence electrons. The van der Waals surface area contributed by atoms with Gasteiger partial charge >= 0.3 is 0 Å². The van der Waals surface area contributed by atoms with Crippen LogP contribution < -0.4 is 5.73 Å². The van der Waals surface area contributed by atoms with Gasteiger partial charge in [0, 0.05) is 18.4 Å². The Balaban J connectivity index is 1.76. The first-order chi connectivity index (χ1) is 6.49. The van der Waals surface area contributed by atoms with E-state index in [9.17, 15) is 8.78 Å². The van der Waals surface area contributed by atoms with Crippen LogP contribution in [0.4, 0.5) is 8.78 Å². The van der Waals surface area contributed by atoms with Crippen molar-refractivity contribution in [3.8, 4) is 0 Å². The van der Waals surface area contributed by atoms with Gasteiger partial charge in [-0.3, -0.25) is 0 Å². The number of nitrogens with two attached hydrogens (primary N) is 1. The molecular formula is C10H17F2NO. The third-order valence-electron chi connectivity index (χ3n) is 3.25. The van der Waals surface area contributed by atoms with Crippen molar-refractivity contribution >= 4 is 0 Å². The monoisotopic (exact) mass is 205 g/mol. The van der Waals surface area contributed by atoms with Crippen LogP contribution in [0.15, 0.2) is 0 Å². The summed E-state index contributed by atoms with van der Waals surface area (Å²) in [5.41, 5.74) is 5.84. The zero-order valence-corrected chi connectivity index (χ0v) is 8.38. The van der Waals surface area contributed by atoms with E-state index in [1.807, 2.05) is 6.92 Å². The quantitative estimate of drug-likeness (QED) is 0.764. The molecule has 2 aliphatic rings. The van der Waals surface area contributed by atoms with Gasteiger partial charge in [-0.25, -0.2) is 8.78 Å². The van der Waals surface area contributed by atoms with Crippen molar-refractivity contribution in [2.75, 3.05) is 0 Å². The van der Waals surface area contributed by atoms with E-state index in [0.29, 0.717) is 6.42 Å². The van der Waals surface area contributed by atoms with Crippen LogP contribution in [0.5, 0.6) is 0 Å². The first-order valence-electron chi connectivity index (χ1n) is 5.28. The summed E-state index contributed by atoms with van der Waals surface area (Å²) >= 11 is 0. The van der Waals surface area contributed by atoms with Gasteiger partial charge in [-0.1, -0.05) is 0 Å². The van der Waals surface area contributed by atoms with E-state index in [4.69, 9.17) is 10.5 Å². The van der Waals surface area contributed by atoms with E-state index in [1.54, 1.807) is 0 Å². The Hall–Kier alpha value is -0.220. The Morgan fingerprint density at radius 1 is 1.50 bits per heavy atom. The summed E-state index contributed by atoms with van der Waals surface area (Å²) in [6.07, 6.45) is 2.58. The van der Waals surface area contributed by atoms with E-state index < -0.39 is 11.8 Å². The zero-order valence-electron chi connectivity index (χ0n) is 8.38. The fourth-order valence-corrected chi connectivity index (χ4v) is 2.15. The lowest BCUT2D eigenvalue weighted by molar-refractivity contribution is 0.0321. The van der Waals surface area contributed by atoms with Gasteiger partial charge in [0.2, 0.25) is 0 Å². The normalized spacial score (nSPS) is 42.4. The number of hydrogen-bond donors (Lipinski definition) is 1. The third-order valence-corrected chi connectivity index (χ3v) is 3.25. The molecule has 1 heterocycles. The van der Waals surface area contributed by atoms with Crippen LogP contribution in [0.3, 0.4) is 0 Å². The maximum absolute atomic E-state index is 12.6. The molecule has 0 amide bonds. The van der Waals surface area contributed by atoms with Crippen molar-refractivity contribution in [1.29, 1.82) is 0 Å². The van der Waals surface area contributed by atoms with Crippen molar-refractivity contribution in [3.05, 3.63) is 0 Å². The molecule has 1 saturated carbocycles. The first-order valence-corrected chi connectivity index (χ1v) is 5.28. The van der Waals surface area contributed by atoms with E-state index in [-0.39, 0.29) is 24.7 Å². The van der Waals surface area contributed by atoms with Gasteiger partial charge in [0.25, 0.3) is 5.92 Å². The topological polar surface area (TPSA) is 35.2 Å². The molecule has 4 unspecified atom stereocenters. The summed E-state index contributed by atoms with van der Waals surface area (Å²) in [6.45, 7) is 2.00. The lowest BCUT2D eigenvalue weighted by atomic mass is 10.0. The minimum absolute atomic E-state index is 0.00130. The second-order valence-corrected chi connectivity index (χ2v) is 4.62. The lowest BCUT2D eigenvalue weighted by Gasteiger charge is -2.19. The second-order valence-electron chi connectivity index (χ2n) is 4.62. The largest absolute Gasteiger partial charge is 0.374 e. The summed E-state index contributed by atoms with van der Waals surface area (Å²) in [5, 5.41) is 0. The van der Waals surface area contributed by atoms with Crippen LogP contribution in [0.1, 0.15) is 32.6 Å². The Bertz CT molecular complexity index is 222. The second kappa shape index (κ2) is 3.42. The van der Waals surface area contributed by atoms with Gasteiger partial charge in [0.1, 0.15) is 0 Å². The van der Waals surface area contributed by atoms with Gasteiger partial charge in [-0.05, 0) is 26.2 Å². The van der Waals surface area contributed by atoms with Gasteiger partial charge in [0.15, 0.2) is 0 Å². The summed E-state index contributed by atoms with van der Waals surface area (Å²) in [4.78, 5) is 0. The van der Waals surface area contributed by atoms with E-state index in [0.717, 1.165) is 12.8 Å². The summed E-state index contributed by atoms with van der Waals surface area (Å²) in [7, 11) is 0. The van der Waals surface area contributed by atoms with Gasteiger partial charge in [-0.2, -0.15) is 0 Å². The molecule has 2 rings (SSSR count). The van der Waals surface area contributed by atoms with Gasteiger partial charge in [0.05, 0.1) is 12.2 Å². The maximum atomic E-state index is 12.6. The van der Waals surface area contributed by atoms with Crippen LogP contribution in [-0.2, 0) is 4.74 Å². The van der Waals surface area contributed by atoms with Crippen molar-refractivity contribution in [3.63, 3.8) is 0 Å². The molecule has 2 nitrogen and oxygen atoms in total. The number of rotatable bonds is 3. The van der Waals surface area contributed by atoms with Crippen LogP contribution in [0.25, 0.3) is 0 Å². The molecule has 0 spiro atoms. The number of ether oxygens (including phenoxy) is 1. The maximum Gasteiger partial charge on any atom is 0.251 e. The number of hydrogen-bond acceptors (Lipinski definition) is 2. The average Bonchev–Trinajstić information content (AvgIpc) is 2.52. The van der Waals surface area contributed by atoms with Crippen molar-refractivity contribution in [2.24, 2.45) is 11.7 Å². The molecule has 0 aromatic heterocycles. The van der Waals surface area contributed by atoms with Crippen molar-refractivity contribution in [2.45, 2.75) is 56.8 Å². The molecule has 4 atom stereocenters. The molecule has 1 saturated heterocycles. The molecule has 14 heavy (non-hydrogen) atoms. The highest BCUT2D eigenvalue weighted by Gasteiger charge is 2.57. The Kier molecular flexibility index (Phi) is 2.52. The third kappa shape index (κ3) is 2.06. The van der Waals surface area contributed by atoms with Gasteiger partial charge < -0.3 is 10.5 Å². The molecule has 0 bridgehead atoms. The Morgan fingerprint density at radius 3 is 2.57 bits per heavy atom. The molecule has 0 aromatic carbocycles. The highest BCUT2D eigenvalue weighted by Crippen LogP contribution is 2.51. The van der Waals surface area contributed by atoms with Crippen LogP contribution in [-0.4, -0.2) is 24.2 Å². The average molecular weight is 205 g/mol. The molecule has 4 heteroatoms. The fourth-order valence-electron chi connectivity index (χ4n) is 2.15. The van der Waals surface area contributed by atoms with Crippen LogP contribution in [0, 0.1) is 5.92 Å². The summed E-state index contributed by atoms with van der Waals surface area (Å²) < 4.78 is 30.8. The van der Waals surface area contributed by atoms with E-state index in [1.165, 1.54) is 0 Å².